The van der Waals surface area contributed by atoms with Crippen LogP contribution in [0.3, 0.4) is 0 Å². The van der Waals surface area contributed by atoms with Crippen LogP contribution in [-0.4, -0.2) is 34.0 Å². The van der Waals surface area contributed by atoms with Gasteiger partial charge in [0.15, 0.2) is 0 Å². The van der Waals surface area contributed by atoms with Crippen molar-refractivity contribution in [2.24, 2.45) is 0 Å². The fraction of sp³-hybridized carbons (Fsp3) is 0.714. The Balaban J connectivity index is 2.02. The Bertz CT molecular complexity index is 441. The van der Waals surface area contributed by atoms with Crippen molar-refractivity contribution in [3.63, 3.8) is 0 Å². The van der Waals surface area contributed by atoms with Crippen LogP contribution in [0.4, 0.5) is 0 Å². The predicted octanol–water partition coefficient (Wildman–Crippen LogP) is 2.88. The van der Waals surface area contributed by atoms with Crippen LogP contribution in [-0.2, 0) is 17.8 Å². The van der Waals surface area contributed by atoms with E-state index in [0.717, 1.165) is 32.4 Å². The highest BCUT2D eigenvalue weighted by molar-refractivity contribution is 7.11. The van der Waals surface area contributed by atoms with E-state index in [1.807, 2.05) is 11.3 Å². The lowest BCUT2D eigenvalue weighted by molar-refractivity contribution is -0.137. The first-order valence-corrected chi connectivity index (χ1v) is 7.88. The predicted molar refractivity (Wildman–Crippen MR) is 76.7 cm³/mol. The summed E-state index contributed by atoms with van der Waals surface area (Å²) in [6.07, 6.45) is 3.48. The summed E-state index contributed by atoms with van der Waals surface area (Å²) in [5.41, 5.74) is 1.25. The third kappa shape index (κ3) is 3.54. The Morgan fingerprint density at radius 2 is 2.21 bits per heavy atom. The van der Waals surface area contributed by atoms with E-state index in [0.29, 0.717) is 12.5 Å². The van der Waals surface area contributed by atoms with E-state index in [1.165, 1.54) is 15.6 Å². The number of carboxylic acids is 1. The Hall–Kier alpha value is -0.940. The number of aromatic nitrogens is 1. The molecular formula is C14H22N2O2S. The minimum atomic E-state index is -0.715. The summed E-state index contributed by atoms with van der Waals surface area (Å²) < 4.78 is 0. The monoisotopic (exact) mass is 282 g/mol. The van der Waals surface area contributed by atoms with Gasteiger partial charge in [-0.2, -0.15) is 0 Å². The number of nitrogens with zero attached hydrogens (tertiary/aromatic N) is 2. The highest BCUT2D eigenvalue weighted by atomic mass is 32.1. The molecule has 0 fully saturated rings. The molecule has 1 aliphatic heterocycles. The maximum absolute atomic E-state index is 10.6. The summed E-state index contributed by atoms with van der Waals surface area (Å²) in [6.45, 7) is 6.89. The highest BCUT2D eigenvalue weighted by Gasteiger charge is 2.22. The van der Waals surface area contributed by atoms with Crippen LogP contribution < -0.4 is 0 Å². The molecule has 106 valence electrons. The summed E-state index contributed by atoms with van der Waals surface area (Å²) in [6, 6.07) is 0. The topological polar surface area (TPSA) is 53.4 Å². The number of rotatable bonds is 6. The fourth-order valence-corrected chi connectivity index (χ4v) is 3.95. The zero-order valence-corrected chi connectivity index (χ0v) is 12.5. The molecule has 0 aliphatic carbocycles. The van der Waals surface area contributed by atoms with Crippen LogP contribution >= 0.6 is 11.3 Å². The maximum Gasteiger partial charge on any atom is 0.304 e. The van der Waals surface area contributed by atoms with E-state index in [-0.39, 0.29) is 6.42 Å². The first kappa shape index (κ1) is 14.5. The van der Waals surface area contributed by atoms with Crippen LogP contribution in [0.15, 0.2) is 0 Å². The Kier molecular flexibility index (Phi) is 4.93. The summed E-state index contributed by atoms with van der Waals surface area (Å²) in [5, 5.41) is 10.0. The van der Waals surface area contributed by atoms with Crippen molar-refractivity contribution < 1.29 is 9.90 Å². The van der Waals surface area contributed by atoms with E-state index < -0.39 is 5.97 Å². The van der Waals surface area contributed by atoms with E-state index in [2.05, 4.69) is 18.7 Å². The summed E-state index contributed by atoms with van der Waals surface area (Å²) in [5.74, 6) is -0.129. The molecule has 2 rings (SSSR count). The van der Waals surface area contributed by atoms with E-state index in [9.17, 15) is 4.79 Å². The normalized spacial score (nSPS) is 15.7. The van der Waals surface area contributed by atoms with Crippen molar-refractivity contribution in [2.75, 3.05) is 13.1 Å². The molecule has 0 saturated carbocycles. The molecule has 0 radical (unpaired) electrons. The minimum absolute atomic E-state index is 0.230. The van der Waals surface area contributed by atoms with Crippen molar-refractivity contribution >= 4 is 17.3 Å². The smallest absolute Gasteiger partial charge is 0.304 e. The Morgan fingerprint density at radius 3 is 2.84 bits per heavy atom. The number of thiazole rings is 1. The van der Waals surface area contributed by atoms with Gasteiger partial charge in [-0.3, -0.25) is 9.69 Å². The molecule has 19 heavy (non-hydrogen) atoms. The average molecular weight is 282 g/mol. The Morgan fingerprint density at radius 1 is 1.47 bits per heavy atom. The maximum atomic E-state index is 10.6. The van der Waals surface area contributed by atoms with Crippen LogP contribution in [0, 0.1) is 0 Å². The van der Waals surface area contributed by atoms with Gasteiger partial charge in [-0.05, 0) is 12.8 Å². The number of hydrogen-bond donors (Lipinski definition) is 1. The lowest BCUT2D eigenvalue weighted by Gasteiger charge is -2.24. The summed E-state index contributed by atoms with van der Waals surface area (Å²) >= 11 is 1.83. The van der Waals surface area contributed by atoms with Gasteiger partial charge < -0.3 is 5.11 Å². The molecule has 0 spiro atoms. The number of hydrogen-bond acceptors (Lipinski definition) is 4. The number of fused-ring (bicyclic) bond motifs is 1. The molecule has 0 bridgehead atoms. The largest absolute Gasteiger partial charge is 0.481 e. The third-order valence-electron chi connectivity index (χ3n) is 3.80. The van der Waals surface area contributed by atoms with Gasteiger partial charge in [0.25, 0.3) is 0 Å². The first-order chi connectivity index (χ1) is 9.13. The molecule has 0 atom stereocenters. The van der Waals surface area contributed by atoms with Gasteiger partial charge in [0, 0.05) is 36.9 Å². The van der Waals surface area contributed by atoms with Crippen LogP contribution in [0.5, 0.6) is 0 Å². The van der Waals surface area contributed by atoms with Gasteiger partial charge in [-0.1, -0.05) is 13.8 Å². The van der Waals surface area contributed by atoms with E-state index in [4.69, 9.17) is 10.1 Å². The van der Waals surface area contributed by atoms with Crippen molar-refractivity contribution in [3.05, 3.63) is 15.6 Å². The van der Waals surface area contributed by atoms with Crippen molar-refractivity contribution in [1.82, 2.24) is 9.88 Å². The molecule has 0 unspecified atom stereocenters. The lowest BCUT2D eigenvalue weighted by atomic mass is 10.0. The zero-order valence-electron chi connectivity index (χ0n) is 11.7. The van der Waals surface area contributed by atoms with Gasteiger partial charge in [0.1, 0.15) is 0 Å². The fourth-order valence-electron chi connectivity index (χ4n) is 2.53. The molecule has 2 heterocycles. The number of aliphatic carboxylic acids is 1. The molecule has 0 aromatic carbocycles. The standard InChI is InChI=1S/C14H22N2O2S/c1-3-10(4-2)14-15-11-5-7-16(8-6-13(17)18)9-12(11)19-14/h10H,3-9H2,1-2H3,(H,17,18). The lowest BCUT2D eigenvalue weighted by Crippen LogP contribution is -2.31. The van der Waals surface area contributed by atoms with Gasteiger partial charge in [0.05, 0.1) is 17.1 Å². The first-order valence-electron chi connectivity index (χ1n) is 7.06. The zero-order chi connectivity index (χ0) is 13.8. The number of carboxylic acid groups (broad SMARTS) is 1. The van der Waals surface area contributed by atoms with Crippen LogP contribution in [0.25, 0.3) is 0 Å². The quantitative estimate of drug-likeness (QED) is 0.871. The van der Waals surface area contributed by atoms with Gasteiger partial charge in [-0.25, -0.2) is 4.98 Å². The molecule has 5 heteroatoms. The molecular weight excluding hydrogens is 260 g/mol. The third-order valence-corrected chi connectivity index (χ3v) is 5.05. The molecule has 0 saturated heterocycles. The van der Waals surface area contributed by atoms with Crippen molar-refractivity contribution in [3.8, 4) is 0 Å². The summed E-state index contributed by atoms with van der Waals surface area (Å²) in [4.78, 5) is 19.0. The second-order valence-corrected chi connectivity index (χ2v) is 6.22. The molecule has 1 aliphatic rings. The Labute approximate surface area is 118 Å². The van der Waals surface area contributed by atoms with Crippen molar-refractivity contribution in [2.45, 2.75) is 52.0 Å². The van der Waals surface area contributed by atoms with Crippen LogP contribution in [0.1, 0.15) is 54.6 Å². The second-order valence-electron chi connectivity index (χ2n) is 5.11. The van der Waals surface area contributed by atoms with E-state index in [1.54, 1.807) is 0 Å². The average Bonchev–Trinajstić information content (AvgIpc) is 2.80. The SMILES string of the molecule is CCC(CC)c1nc2c(s1)CN(CCC(=O)O)CC2. The van der Waals surface area contributed by atoms with E-state index >= 15 is 0 Å². The molecule has 1 aromatic heterocycles. The van der Waals surface area contributed by atoms with Gasteiger partial charge in [0.2, 0.25) is 0 Å². The number of carbonyl (C=O) groups is 1. The van der Waals surface area contributed by atoms with Gasteiger partial charge >= 0.3 is 5.97 Å². The highest BCUT2D eigenvalue weighted by Crippen LogP contribution is 2.32. The van der Waals surface area contributed by atoms with Crippen molar-refractivity contribution in [1.29, 1.82) is 0 Å². The molecule has 1 aromatic rings. The van der Waals surface area contributed by atoms with Crippen LogP contribution in [0.2, 0.25) is 0 Å². The van der Waals surface area contributed by atoms with Gasteiger partial charge in [-0.15, -0.1) is 11.3 Å². The minimum Gasteiger partial charge on any atom is -0.481 e. The molecule has 1 N–H and O–H groups in total. The second kappa shape index (κ2) is 6.48. The molecule has 4 nitrogen and oxygen atoms in total. The summed E-state index contributed by atoms with van der Waals surface area (Å²) in [7, 11) is 0. The molecule has 0 amide bonds.